The second-order valence-corrected chi connectivity index (χ2v) is 5.83. The van der Waals surface area contributed by atoms with Gasteiger partial charge in [-0.25, -0.2) is 0 Å². The van der Waals surface area contributed by atoms with Crippen LogP contribution in [0.2, 0.25) is 0 Å². The normalized spacial score (nSPS) is 11.9. The molecule has 0 saturated heterocycles. The van der Waals surface area contributed by atoms with Crippen molar-refractivity contribution in [1.29, 1.82) is 0 Å². The van der Waals surface area contributed by atoms with Crippen molar-refractivity contribution in [1.82, 2.24) is 5.32 Å². The Balaban J connectivity index is 0.000000485. The van der Waals surface area contributed by atoms with E-state index in [1.54, 1.807) is 12.2 Å². The van der Waals surface area contributed by atoms with E-state index < -0.39 is 0 Å². The second-order valence-electron chi connectivity index (χ2n) is 5.83. The minimum absolute atomic E-state index is 0.0300. The highest BCUT2D eigenvalue weighted by Gasteiger charge is 2.06. The van der Waals surface area contributed by atoms with E-state index in [1.165, 1.54) is 25.3 Å². The number of carbonyl (C=O) groups excluding carboxylic acids is 1. The standard InChI is InChI=1S/C12H15NO.C11H17N/c1-5-7-8-12(11(4)14)10(3)13-9-6-2;1-2-6-11(9-12)10-7-4-3-5-8-10/h2,5,7-8,13H,3,9H2,1,4H3;3-5,7-8,11H,2,6,9,12H2,1H3/b7-5-,12-8-;. The molecule has 0 aliphatic carbocycles. The molecule has 1 rings (SSSR count). The van der Waals surface area contributed by atoms with Gasteiger partial charge in [0.1, 0.15) is 0 Å². The molecule has 140 valence electrons. The maximum atomic E-state index is 11.2. The summed E-state index contributed by atoms with van der Waals surface area (Å²) in [5.74, 6) is 2.94. The van der Waals surface area contributed by atoms with E-state index >= 15 is 0 Å². The van der Waals surface area contributed by atoms with E-state index in [0.29, 0.717) is 23.7 Å². The van der Waals surface area contributed by atoms with Crippen molar-refractivity contribution in [3.05, 3.63) is 72.0 Å². The Hall–Kier alpha value is -2.57. The summed E-state index contributed by atoms with van der Waals surface area (Å²) < 4.78 is 0. The molecule has 0 aliphatic heterocycles. The predicted molar refractivity (Wildman–Crippen MR) is 113 cm³/mol. The molecular weight excluding hydrogens is 320 g/mol. The molecule has 0 fully saturated rings. The quantitative estimate of drug-likeness (QED) is 0.395. The molecule has 3 N–H and O–H groups in total. The Bertz CT molecular complexity index is 636. The highest BCUT2D eigenvalue weighted by molar-refractivity contribution is 5.97. The van der Waals surface area contributed by atoms with Crippen LogP contribution in [0.25, 0.3) is 0 Å². The van der Waals surface area contributed by atoms with Gasteiger partial charge in [0.2, 0.25) is 0 Å². The van der Waals surface area contributed by atoms with E-state index in [1.807, 2.05) is 19.1 Å². The summed E-state index contributed by atoms with van der Waals surface area (Å²) >= 11 is 0. The molecule has 0 saturated carbocycles. The Morgan fingerprint density at radius 1 is 1.38 bits per heavy atom. The van der Waals surface area contributed by atoms with Crippen molar-refractivity contribution in [2.75, 3.05) is 13.1 Å². The lowest BCUT2D eigenvalue weighted by molar-refractivity contribution is -0.113. The summed E-state index contributed by atoms with van der Waals surface area (Å²) in [5, 5.41) is 2.87. The van der Waals surface area contributed by atoms with Crippen LogP contribution in [-0.4, -0.2) is 18.9 Å². The summed E-state index contributed by atoms with van der Waals surface area (Å²) in [5.41, 5.74) is 8.19. The molecule has 1 aromatic carbocycles. The summed E-state index contributed by atoms with van der Waals surface area (Å²) in [6, 6.07) is 10.5. The minimum atomic E-state index is -0.0300. The maximum absolute atomic E-state index is 11.2. The number of benzene rings is 1. The zero-order valence-electron chi connectivity index (χ0n) is 16.3. The molecule has 0 aliphatic rings. The Morgan fingerprint density at radius 3 is 2.50 bits per heavy atom. The van der Waals surface area contributed by atoms with Crippen molar-refractivity contribution in [3.8, 4) is 12.3 Å². The topological polar surface area (TPSA) is 55.1 Å². The highest BCUT2D eigenvalue weighted by atomic mass is 16.1. The molecule has 1 unspecified atom stereocenters. The van der Waals surface area contributed by atoms with E-state index in [0.717, 1.165) is 6.54 Å². The van der Waals surface area contributed by atoms with Crippen LogP contribution in [0, 0.1) is 12.3 Å². The van der Waals surface area contributed by atoms with Gasteiger partial charge in [-0.05, 0) is 44.4 Å². The lowest BCUT2D eigenvalue weighted by Crippen LogP contribution is -2.17. The molecule has 0 spiro atoms. The van der Waals surface area contributed by atoms with Gasteiger partial charge in [0, 0.05) is 11.3 Å². The van der Waals surface area contributed by atoms with E-state index in [-0.39, 0.29) is 5.78 Å². The largest absolute Gasteiger partial charge is 0.374 e. The molecular formula is C23H32N2O. The molecule has 1 aromatic rings. The van der Waals surface area contributed by atoms with Gasteiger partial charge in [-0.3, -0.25) is 4.79 Å². The van der Waals surface area contributed by atoms with E-state index in [9.17, 15) is 4.79 Å². The predicted octanol–water partition coefficient (Wildman–Crippen LogP) is 4.34. The number of allylic oxidation sites excluding steroid dienone is 4. The van der Waals surface area contributed by atoms with Crippen molar-refractivity contribution in [2.45, 2.75) is 39.5 Å². The van der Waals surface area contributed by atoms with Crippen LogP contribution in [0.5, 0.6) is 0 Å². The minimum Gasteiger partial charge on any atom is -0.374 e. The number of nitrogens with one attached hydrogen (secondary N) is 1. The van der Waals surface area contributed by atoms with E-state index in [4.69, 9.17) is 12.2 Å². The number of rotatable bonds is 9. The third-order valence-corrected chi connectivity index (χ3v) is 3.76. The number of nitrogens with two attached hydrogens (primary N) is 1. The van der Waals surface area contributed by atoms with E-state index in [2.05, 4.69) is 49.0 Å². The van der Waals surface area contributed by atoms with Gasteiger partial charge in [0.25, 0.3) is 0 Å². The molecule has 0 bridgehead atoms. The molecule has 3 heteroatoms. The molecule has 0 heterocycles. The van der Waals surface area contributed by atoms with Crippen LogP contribution in [0.1, 0.15) is 45.1 Å². The number of terminal acetylenes is 1. The summed E-state index contributed by atoms with van der Waals surface area (Å²) in [7, 11) is 0. The lowest BCUT2D eigenvalue weighted by atomic mass is 9.95. The first-order valence-electron chi connectivity index (χ1n) is 8.97. The van der Waals surface area contributed by atoms with Crippen LogP contribution in [0.4, 0.5) is 0 Å². The van der Waals surface area contributed by atoms with Gasteiger partial charge >= 0.3 is 0 Å². The number of hydrogen-bond acceptors (Lipinski definition) is 3. The van der Waals surface area contributed by atoms with Crippen LogP contribution in [0.3, 0.4) is 0 Å². The molecule has 0 amide bonds. The first-order valence-corrected chi connectivity index (χ1v) is 8.97. The molecule has 0 aromatic heterocycles. The lowest BCUT2D eigenvalue weighted by Gasteiger charge is -2.13. The van der Waals surface area contributed by atoms with Gasteiger partial charge in [0.05, 0.1) is 6.54 Å². The first-order chi connectivity index (χ1) is 12.5. The average Bonchev–Trinajstić information content (AvgIpc) is 2.65. The fourth-order valence-electron chi connectivity index (χ4n) is 2.37. The smallest absolute Gasteiger partial charge is 0.161 e. The first kappa shape index (κ1) is 23.4. The van der Waals surface area contributed by atoms with Crippen LogP contribution >= 0.6 is 0 Å². The molecule has 0 radical (unpaired) electrons. The Morgan fingerprint density at radius 2 is 2.04 bits per heavy atom. The average molecular weight is 353 g/mol. The van der Waals surface area contributed by atoms with Crippen LogP contribution in [-0.2, 0) is 4.79 Å². The van der Waals surface area contributed by atoms with Crippen molar-refractivity contribution >= 4 is 5.78 Å². The Labute approximate surface area is 159 Å². The monoisotopic (exact) mass is 352 g/mol. The van der Waals surface area contributed by atoms with Crippen LogP contribution in [0.15, 0.2) is 66.4 Å². The van der Waals surface area contributed by atoms with Crippen molar-refractivity contribution < 1.29 is 4.79 Å². The second kappa shape index (κ2) is 14.7. The van der Waals surface area contributed by atoms with Gasteiger partial charge < -0.3 is 11.1 Å². The van der Waals surface area contributed by atoms with Crippen molar-refractivity contribution in [2.24, 2.45) is 5.73 Å². The van der Waals surface area contributed by atoms with Gasteiger partial charge in [-0.2, -0.15) is 0 Å². The number of Topliss-reactive ketones (excluding diaryl/α,β-unsaturated/α-hetero) is 1. The number of ketones is 1. The third-order valence-electron chi connectivity index (χ3n) is 3.76. The molecule has 3 nitrogen and oxygen atoms in total. The Kier molecular flexibility index (Phi) is 13.3. The third kappa shape index (κ3) is 9.66. The fraction of sp³-hybridized carbons (Fsp3) is 0.348. The number of carbonyl (C=O) groups is 1. The van der Waals surface area contributed by atoms with Gasteiger partial charge in [-0.1, -0.05) is 68.3 Å². The van der Waals surface area contributed by atoms with Crippen molar-refractivity contribution in [3.63, 3.8) is 0 Å². The summed E-state index contributed by atoms with van der Waals surface area (Å²) in [6.07, 6.45) is 12.8. The van der Waals surface area contributed by atoms with Gasteiger partial charge in [-0.15, -0.1) is 6.42 Å². The zero-order chi connectivity index (χ0) is 19.8. The summed E-state index contributed by atoms with van der Waals surface area (Å²) in [6.45, 7) is 10.5. The fourth-order valence-corrected chi connectivity index (χ4v) is 2.37. The van der Waals surface area contributed by atoms with Crippen LogP contribution < -0.4 is 11.1 Å². The highest BCUT2D eigenvalue weighted by Crippen LogP contribution is 2.18. The maximum Gasteiger partial charge on any atom is 0.161 e. The summed E-state index contributed by atoms with van der Waals surface area (Å²) in [4.78, 5) is 11.2. The number of hydrogen-bond donors (Lipinski definition) is 2. The molecule has 1 atom stereocenters. The zero-order valence-corrected chi connectivity index (χ0v) is 16.3. The SMILES string of the molecule is C#CCNC(=C)/C(=C/C=C\C)C(C)=O.CCCC(CN)c1ccccc1. The van der Waals surface area contributed by atoms with Gasteiger partial charge in [0.15, 0.2) is 5.78 Å². The molecule has 26 heavy (non-hydrogen) atoms.